The zero-order chi connectivity index (χ0) is 20.2. The summed E-state index contributed by atoms with van der Waals surface area (Å²) < 4.78 is 11.1. The lowest BCUT2D eigenvalue weighted by atomic mass is 10.1. The van der Waals surface area contributed by atoms with E-state index in [1.54, 1.807) is 21.2 Å². The van der Waals surface area contributed by atoms with E-state index in [4.69, 9.17) is 9.47 Å². The molecule has 0 bridgehead atoms. The van der Waals surface area contributed by atoms with Gasteiger partial charge in [-0.15, -0.1) is 0 Å². The van der Waals surface area contributed by atoms with Gasteiger partial charge in [0, 0.05) is 33.3 Å². The second kappa shape index (κ2) is 12.2. The van der Waals surface area contributed by atoms with Crippen molar-refractivity contribution in [1.29, 1.82) is 0 Å². The van der Waals surface area contributed by atoms with Crippen molar-refractivity contribution in [1.82, 2.24) is 15.5 Å². The Morgan fingerprint density at radius 1 is 1.30 bits per heavy atom. The van der Waals surface area contributed by atoms with E-state index in [1.807, 2.05) is 19.1 Å². The van der Waals surface area contributed by atoms with E-state index >= 15 is 0 Å². The van der Waals surface area contributed by atoms with Crippen LogP contribution in [0.1, 0.15) is 31.4 Å². The minimum absolute atomic E-state index is 0.0210. The van der Waals surface area contributed by atoms with Gasteiger partial charge in [0.15, 0.2) is 5.96 Å². The van der Waals surface area contributed by atoms with Crippen LogP contribution in [0.15, 0.2) is 23.2 Å². The fourth-order valence-electron chi connectivity index (χ4n) is 2.13. The Morgan fingerprint density at radius 3 is 2.67 bits per heavy atom. The van der Waals surface area contributed by atoms with Crippen molar-refractivity contribution in [3.05, 3.63) is 29.3 Å². The van der Waals surface area contributed by atoms with Crippen LogP contribution in [0, 0.1) is 6.92 Å². The highest BCUT2D eigenvalue weighted by atomic mass is 16.5. The van der Waals surface area contributed by atoms with Gasteiger partial charge in [0.1, 0.15) is 5.75 Å². The predicted octanol–water partition coefficient (Wildman–Crippen LogP) is 1.94. The lowest BCUT2D eigenvalue weighted by Crippen LogP contribution is -2.43. The summed E-state index contributed by atoms with van der Waals surface area (Å²) in [4.78, 5) is 18.0. The van der Waals surface area contributed by atoms with Crippen molar-refractivity contribution in [2.45, 2.75) is 39.8 Å². The highest BCUT2D eigenvalue weighted by molar-refractivity contribution is 5.86. The number of aryl methyl sites for hydroxylation is 1. The number of carbonyl (C=O) groups excluding carboxylic acids is 1. The van der Waals surface area contributed by atoms with Crippen LogP contribution in [0.25, 0.3) is 0 Å². The van der Waals surface area contributed by atoms with Crippen molar-refractivity contribution < 1.29 is 14.3 Å². The van der Waals surface area contributed by atoms with E-state index in [0.29, 0.717) is 25.7 Å². The molecule has 0 saturated carbocycles. The number of carbonyl (C=O) groups is 1. The minimum atomic E-state index is -0.0210. The minimum Gasteiger partial charge on any atom is -0.490 e. The Hall–Kier alpha value is -2.28. The lowest BCUT2D eigenvalue weighted by Gasteiger charge is -2.17. The third kappa shape index (κ3) is 8.77. The van der Waals surface area contributed by atoms with E-state index in [2.05, 4.69) is 35.5 Å². The first-order chi connectivity index (χ1) is 12.9. The van der Waals surface area contributed by atoms with Crippen molar-refractivity contribution >= 4 is 11.9 Å². The van der Waals surface area contributed by atoms with E-state index in [0.717, 1.165) is 23.3 Å². The number of guanidine groups is 1. The normalized spacial score (nSPS) is 12.4. The molecule has 2 N–H and O–H groups in total. The largest absolute Gasteiger partial charge is 0.490 e. The number of rotatable bonds is 10. The van der Waals surface area contributed by atoms with Crippen LogP contribution < -0.4 is 15.4 Å². The summed E-state index contributed by atoms with van der Waals surface area (Å²) in [7, 11) is 5.10. The molecule has 1 aromatic carbocycles. The summed E-state index contributed by atoms with van der Waals surface area (Å²) in [5.41, 5.74) is 2.15. The molecule has 1 rings (SSSR count). The van der Waals surface area contributed by atoms with Gasteiger partial charge >= 0.3 is 0 Å². The third-order valence-electron chi connectivity index (χ3n) is 4.04. The van der Waals surface area contributed by atoms with Crippen LogP contribution in [-0.4, -0.2) is 63.8 Å². The summed E-state index contributed by atoms with van der Waals surface area (Å²) in [6, 6.07) is 6.13. The highest BCUT2D eigenvalue weighted by Gasteiger charge is 2.09. The Labute approximate surface area is 163 Å². The van der Waals surface area contributed by atoms with E-state index in [-0.39, 0.29) is 18.6 Å². The molecule has 0 aliphatic carbocycles. The number of nitrogens with zero attached hydrogens (tertiary/aromatic N) is 2. The molecule has 1 atom stereocenters. The van der Waals surface area contributed by atoms with Gasteiger partial charge in [-0.2, -0.15) is 0 Å². The lowest BCUT2D eigenvalue weighted by molar-refractivity contribution is -0.127. The average molecular weight is 379 g/mol. The molecule has 0 aromatic heterocycles. The van der Waals surface area contributed by atoms with Crippen LogP contribution in [0.5, 0.6) is 5.75 Å². The zero-order valence-corrected chi connectivity index (χ0v) is 17.5. The summed E-state index contributed by atoms with van der Waals surface area (Å²) >= 11 is 0. The number of hydrogen-bond donors (Lipinski definition) is 2. The van der Waals surface area contributed by atoms with Crippen molar-refractivity contribution in [2.75, 3.05) is 40.9 Å². The van der Waals surface area contributed by atoms with Crippen molar-refractivity contribution in [2.24, 2.45) is 4.99 Å². The maximum atomic E-state index is 11.8. The molecule has 7 nitrogen and oxygen atoms in total. The number of benzene rings is 1. The van der Waals surface area contributed by atoms with E-state index in [9.17, 15) is 4.79 Å². The van der Waals surface area contributed by atoms with Crippen molar-refractivity contribution in [3.8, 4) is 5.75 Å². The number of aliphatic imine (C=N–C) groups is 1. The molecule has 0 aliphatic heterocycles. The zero-order valence-electron chi connectivity index (χ0n) is 17.5. The Balaban J connectivity index is 2.88. The van der Waals surface area contributed by atoms with Crippen LogP contribution in [0.3, 0.4) is 0 Å². The number of ether oxygens (including phenoxy) is 2. The molecule has 0 fully saturated rings. The topological polar surface area (TPSA) is 75.2 Å². The molecule has 7 heteroatoms. The molecule has 0 saturated heterocycles. The molecule has 1 unspecified atom stereocenters. The number of methoxy groups -OCH3 is 1. The first kappa shape index (κ1) is 22.8. The Bertz CT molecular complexity index is 617. The van der Waals surface area contributed by atoms with Gasteiger partial charge in [-0.1, -0.05) is 19.1 Å². The molecular formula is C20H34N4O3. The van der Waals surface area contributed by atoms with Gasteiger partial charge in [0.2, 0.25) is 5.91 Å². The number of nitrogens with one attached hydrogen (secondary N) is 2. The summed E-state index contributed by atoms with van der Waals surface area (Å²) in [5.74, 6) is 1.40. The molecule has 1 amide bonds. The highest BCUT2D eigenvalue weighted by Crippen LogP contribution is 2.23. The van der Waals surface area contributed by atoms with Crippen LogP contribution in [0.2, 0.25) is 0 Å². The maximum absolute atomic E-state index is 11.8. The smallest absolute Gasteiger partial charge is 0.241 e. The van der Waals surface area contributed by atoms with E-state index < -0.39 is 0 Å². The Kier molecular flexibility index (Phi) is 10.3. The quantitative estimate of drug-likeness (QED) is 0.370. The monoisotopic (exact) mass is 378 g/mol. The fourth-order valence-corrected chi connectivity index (χ4v) is 2.13. The third-order valence-corrected chi connectivity index (χ3v) is 4.04. The van der Waals surface area contributed by atoms with Gasteiger partial charge < -0.3 is 25.0 Å². The molecule has 27 heavy (non-hydrogen) atoms. The maximum Gasteiger partial charge on any atom is 0.241 e. The molecule has 1 aromatic rings. The molecule has 0 heterocycles. The van der Waals surface area contributed by atoms with Gasteiger partial charge in [0.25, 0.3) is 0 Å². The van der Waals surface area contributed by atoms with E-state index in [1.165, 1.54) is 4.90 Å². The van der Waals surface area contributed by atoms with Gasteiger partial charge in [-0.3, -0.25) is 4.79 Å². The Morgan fingerprint density at radius 2 is 2.04 bits per heavy atom. The van der Waals surface area contributed by atoms with Gasteiger partial charge in [0.05, 0.1) is 25.8 Å². The molecule has 0 spiro atoms. The molecule has 152 valence electrons. The predicted molar refractivity (Wildman–Crippen MR) is 109 cm³/mol. The molecule has 0 radical (unpaired) electrons. The summed E-state index contributed by atoms with van der Waals surface area (Å²) in [6.45, 7) is 7.98. The second-order valence-electron chi connectivity index (χ2n) is 6.67. The van der Waals surface area contributed by atoms with Gasteiger partial charge in [-0.25, -0.2) is 4.99 Å². The number of likely N-dealkylation sites (N-methyl/N-ethyl adjacent to an activating group) is 1. The van der Waals surface area contributed by atoms with Crippen LogP contribution in [-0.2, 0) is 16.1 Å². The van der Waals surface area contributed by atoms with Gasteiger partial charge in [-0.05, 0) is 31.9 Å². The standard InChI is InChI=1S/C20H34N4O3/c1-7-16(3)27-18-12-15(2)8-9-17(18)13-22-20(21-10-11-26-6)23-14-19(25)24(4)5/h8-9,12,16H,7,10-11,13-14H2,1-6H3,(H2,21,22,23). The SMILES string of the molecule is CCC(C)Oc1cc(C)ccc1CN=C(NCCOC)NCC(=O)N(C)C. The average Bonchev–Trinajstić information content (AvgIpc) is 2.64. The first-order valence-electron chi connectivity index (χ1n) is 9.34. The van der Waals surface area contributed by atoms with Crippen molar-refractivity contribution in [3.63, 3.8) is 0 Å². The molecule has 0 aliphatic rings. The van der Waals surface area contributed by atoms with Crippen LogP contribution >= 0.6 is 0 Å². The number of hydrogen-bond acceptors (Lipinski definition) is 4. The first-order valence-corrected chi connectivity index (χ1v) is 9.34. The van der Waals surface area contributed by atoms with Crippen LogP contribution in [0.4, 0.5) is 0 Å². The second-order valence-corrected chi connectivity index (χ2v) is 6.67. The fraction of sp³-hybridized carbons (Fsp3) is 0.600. The summed E-state index contributed by atoms with van der Waals surface area (Å²) in [6.07, 6.45) is 1.08. The number of amides is 1. The molecular weight excluding hydrogens is 344 g/mol. The summed E-state index contributed by atoms with van der Waals surface area (Å²) in [5, 5.41) is 6.23.